The van der Waals surface area contributed by atoms with E-state index >= 15 is 0 Å². The number of hydrogen-bond donors (Lipinski definition) is 11. The van der Waals surface area contributed by atoms with Gasteiger partial charge in [0.2, 0.25) is 35.4 Å². The number of phenols is 1. The first-order valence-corrected chi connectivity index (χ1v) is 16.3. The summed E-state index contributed by atoms with van der Waals surface area (Å²) < 4.78 is 0. The fourth-order valence-electron chi connectivity index (χ4n) is 4.75. The van der Waals surface area contributed by atoms with Crippen LogP contribution in [0, 0.1) is 0 Å². The SMILES string of the molecule is NC(N)=NCCC[C@@H]1NC(=O)[C@@H](CCCCNC(=O)CCS)NC(=O)[C@@H](Cc2ccc(O)cc2)NC(=O)[C@H](CC(=O)O)NC(=O)CNC1=O. The van der Waals surface area contributed by atoms with Crippen molar-refractivity contribution < 1.29 is 43.8 Å². The molecule has 1 saturated heterocycles. The normalized spacial score (nSPS) is 20.6. The van der Waals surface area contributed by atoms with Gasteiger partial charge in [0.25, 0.3) is 0 Å². The Morgan fingerprint density at radius 3 is 2.06 bits per heavy atom. The van der Waals surface area contributed by atoms with Crippen LogP contribution in [-0.2, 0) is 40.0 Å². The summed E-state index contributed by atoms with van der Waals surface area (Å²) in [4.78, 5) is 93.8. The van der Waals surface area contributed by atoms with Crippen LogP contribution in [0.4, 0.5) is 0 Å². The van der Waals surface area contributed by atoms with Crippen molar-refractivity contribution >= 4 is 60.0 Å². The maximum atomic E-state index is 13.7. The number of guanidine groups is 1. The topological polar surface area (TPSA) is 297 Å². The first kappa shape index (κ1) is 40.1. The molecule has 1 aliphatic heterocycles. The van der Waals surface area contributed by atoms with Crippen LogP contribution in [0.1, 0.15) is 50.5 Å². The largest absolute Gasteiger partial charge is 0.508 e. The van der Waals surface area contributed by atoms with E-state index in [0.29, 0.717) is 30.7 Å². The Morgan fingerprint density at radius 2 is 1.43 bits per heavy atom. The number of thiol groups is 1. The fraction of sp³-hybridized carbons (Fsp3) is 0.533. The van der Waals surface area contributed by atoms with Crippen molar-refractivity contribution in [1.29, 1.82) is 0 Å². The lowest BCUT2D eigenvalue weighted by atomic mass is 10.0. The molecule has 0 aromatic heterocycles. The Bertz CT molecular complexity index is 1360. The number of carbonyl (C=O) groups is 7. The summed E-state index contributed by atoms with van der Waals surface area (Å²) in [6.07, 6.45) is 0.430. The highest BCUT2D eigenvalue weighted by atomic mass is 32.1. The molecule has 0 radical (unpaired) electrons. The number of aromatic hydroxyl groups is 1. The van der Waals surface area contributed by atoms with E-state index in [9.17, 15) is 43.8 Å². The number of aliphatic imine (C=N–C) groups is 1. The third kappa shape index (κ3) is 15.6. The van der Waals surface area contributed by atoms with Crippen LogP contribution in [0.3, 0.4) is 0 Å². The lowest BCUT2D eigenvalue weighted by molar-refractivity contribution is -0.141. The molecule has 6 amide bonds. The van der Waals surface area contributed by atoms with Crippen LogP contribution >= 0.6 is 12.6 Å². The Hall–Kier alpha value is -5.07. The van der Waals surface area contributed by atoms with Gasteiger partial charge in [0.1, 0.15) is 29.9 Å². The zero-order valence-corrected chi connectivity index (χ0v) is 27.8. The van der Waals surface area contributed by atoms with Crippen molar-refractivity contribution in [2.24, 2.45) is 16.5 Å². The summed E-state index contributed by atoms with van der Waals surface area (Å²) in [5, 5.41) is 34.2. The number of phenolic OH excluding ortho intramolecular Hbond substituents is 1. The molecule has 0 aliphatic carbocycles. The highest BCUT2D eigenvalue weighted by molar-refractivity contribution is 7.80. The van der Waals surface area contributed by atoms with Crippen molar-refractivity contribution in [3.8, 4) is 5.75 Å². The van der Waals surface area contributed by atoms with E-state index in [-0.39, 0.29) is 56.3 Å². The highest BCUT2D eigenvalue weighted by Gasteiger charge is 2.33. The lowest BCUT2D eigenvalue weighted by Crippen LogP contribution is -2.58. The predicted octanol–water partition coefficient (Wildman–Crippen LogP) is -2.86. The van der Waals surface area contributed by atoms with Gasteiger partial charge in [-0.2, -0.15) is 12.6 Å². The van der Waals surface area contributed by atoms with E-state index in [1.807, 2.05) is 0 Å². The van der Waals surface area contributed by atoms with E-state index in [0.717, 1.165) is 0 Å². The number of amides is 6. The molecule has 1 heterocycles. The van der Waals surface area contributed by atoms with Crippen molar-refractivity contribution in [1.82, 2.24) is 31.9 Å². The lowest BCUT2D eigenvalue weighted by Gasteiger charge is -2.26. The molecule has 12 N–H and O–H groups in total. The summed E-state index contributed by atoms with van der Waals surface area (Å²) >= 11 is 4.03. The minimum absolute atomic E-state index is 0.0406. The number of carboxylic acids is 1. The molecule has 1 aromatic rings. The Kier molecular flexibility index (Phi) is 17.2. The number of nitrogens with two attached hydrogens (primary N) is 2. The van der Waals surface area contributed by atoms with E-state index in [4.69, 9.17) is 11.5 Å². The molecule has 19 heteroatoms. The van der Waals surface area contributed by atoms with Crippen molar-refractivity contribution in [2.45, 2.75) is 75.5 Å². The van der Waals surface area contributed by atoms with Gasteiger partial charge in [-0.05, 0) is 55.6 Å². The monoisotopic (exact) mass is 707 g/mol. The summed E-state index contributed by atoms with van der Waals surface area (Å²) in [6, 6.07) is 0.380. The molecule has 1 fully saturated rings. The quantitative estimate of drug-likeness (QED) is 0.0381. The molecule has 0 unspecified atom stereocenters. The van der Waals surface area contributed by atoms with Gasteiger partial charge in [-0.15, -0.1) is 0 Å². The molecule has 2 rings (SSSR count). The third-order valence-corrected chi connectivity index (χ3v) is 7.48. The molecule has 270 valence electrons. The van der Waals surface area contributed by atoms with Gasteiger partial charge in [-0.25, -0.2) is 0 Å². The maximum absolute atomic E-state index is 13.7. The molecular formula is C30H45N9O9S. The molecule has 1 aliphatic rings. The minimum atomic E-state index is -1.62. The van der Waals surface area contributed by atoms with Gasteiger partial charge < -0.3 is 53.6 Å². The summed E-state index contributed by atoms with van der Waals surface area (Å²) in [5.41, 5.74) is 11.2. The summed E-state index contributed by atoms with van der Waals surface area (Å²) in [6.45, 7) is -0.222. The third-order valence-electron chi connectivity index (χ3n) is 7.25. The predicted molar refractivity (Wildman–Crippen MR) is 180 cm³/mol. The molecule has 4 atom stereocenters. The Labute approximate surface area is 288 Å². The van der Waals surface area contributed by atoms with Crippen molar-refractivity contribution in [3.63, 3.8) is 0 Å². The average Bonchev–Trinajstić information content (AvgIpc) is 3.03. The second kappa shape index (κ2) is 21.0. The molecule has 0 spiro atoms. The van der Waals surface area contributed by atoms with Gasteiger partial charge in [0.15, 0.2) is 5.96 Å². The summed E-state index contributed by atoms with van der Waals surface area (Å²) in [5.74, 6) is -5.63. The standard InChI is InChI=1S/C30H45N9O9S/c31-30(32)34-12-3-5-19-26(45)35-16-24(42)36-22(15-25(43)44)29(48)39-21(14-17-6-8-18(40)9-7-17)28(47)38-20(27(46)37-19)4-1-2-11-33-23(41)10-13-49/h6-9,19-22,40,49H,1-5,10-16H2,(H,33,41)(H,35,45)(H,36,42)(H,37,46)(H,38,47)(H,39,48)(H,43,44)(H4,31,32,34)/t19-,20+,21+,22-/m0/s1. The summed E-state index contributed by atoms with van der Waals surface area (Å²) in [7, 11) is 0. The number of nitrogens with one attached hydrogen (secondary N) is 6. The van der Waals surface area contributed by atoms with Crippen LogP contribution in [0.2, 0.25) is 0 Å². The van der Waals surface area contributed by atoms with Crippen LogP contribution < -0.4 is 43.4 Å². The number of aliphatic carboxylic acids is 1. The number of unbranched alkanes of at least 4 members (excludes halogenated alkanes) is 1. The second-order valence-electron chi connectivity index (χ2n) is 11.3. The number of benzene rings is 1. The molecule has 1 aromatic carbocycles. The van der Waals surface area contributed by atoms with Crippen LogP contribution in [-0.4, -0.2) is 107 Å². The molecule has 18 nitrogen and oxygen atoms in total. The van der Waals surface area contributed by atoms with Crippen LogP contribution in [0.15, 0.2) is 29.3 Å². The van der Waals surface area contributed by atoms with Crippen molar-refractivity contribution in [2.75, 3.05) is 25.4 Å². The fourth-order valence-corrected chi connectivity index (χ4v) is 4.95. The molecular weight excluding hydrogens is 662 g/mol. The average molecular weight is 708 g/mol. The van der Waals surface area contributed by atoms with E-state index in [1.165, 1.54) is 24.3 Å². The van der Waals surface area contributed by atoms with Crippen LogP contribution in [0.5, 0.6) is 5.75 Å². The zero-order valence-electron chi connectivity index (χ0n) is 26.9. The first-order valence-electron chi connectivity index (χ1n) is 15.7. The van der Waals surface area contributed by atoms with Crippen molar-refractivity contribution in [3.05, 3.63) is 29.8 Å². The van der Waals surface area contributed by atoms with Gasteiger partial charge in [0.05, 0.1) is 13.0 Å². The number of hydrogen-bond acceptors (Lipinski definition) is 10. The van der Waals surface area contributed by atoms with Gasteiger partial charge in [-0.3, -0.25) is 38.6 Å². The van der Waals surface area contributed by atoms with E-state index < -0.39 is 72.6 Å². The van der Waals surface area contributed by atoms with E-state index in [2.05, 4.69) is 49.5 Å². The van der Waals surface area contributed by atoms with E-state index in [1.54, 1.807) is 0 Å². The first-order chi connectivity index (χ1) is 23.3. The minimum Gasteiger partial charge on any atom is -0.508 e. The molecule has 49 heavy (non-hydrogen) atoms. The number of carboxylic acid groups (broad SMARTS) is 1. The zero-order chi connectivity index (χ0) is 36.3. The molecule has 0 bridgehead atoms. The van der Waals surface area contributed by atoms with Crippen LogP contribution in [0.25, 0.3) is 0 Å². The second-order valence-corrected chi connectivity index (χ2v) is 11.7. The number of nitrogens with zero attached hydrogens (tertiary/aromatic N) is 1. The smallest absolute Gasteiger partial charge is 0.305 e. The molecule has 0 saturated carbocycles. The van der Waals surface area contributed by atoms with Gasteiger partial charge in [-0.1, -0.05) is 12.1 Å². The Morgan fingerprint density at radius 1 is 0.837 bits per heavy atom. The van der Waals surface area contributed by atoms with Gasteiger partial charge >= 0.3 is 5.97 Å². The highest BCUT2D eigenvalue weighted by Crippen LogP contribution is 2.13. The Balaban J connectivity index is 2.43. The van der Waals surface area contributed by atoms with Gasteiger partial charge in [0, 0.05) is 25.9 Å². The number of carbonyl (C=O) groups excluding carboxylic acids is 6. The maximum Gasteiger partial charge on any atom is 0.305 e. The number of rotatable bonds is 15.